The van der Waals surface area contributed by atoms with Crippen LogP contribution >= 0.6 is 11.8 Å². The van der Waals surface area contributed by atoms with Gasteiger partial charge in [-0.3, -0.25) is 4.79 Å². The van der Waals surface area contributed by atoms with Gasteiger partial charge in [-0.2, -0.15) is 16.9 Å². The van der Waals surface area contributed by atoms with Crippen LogP contribution in [0.1, 0.15) is 27.3 Å². The van der Waals surface area contributed by atoms with Gasteiger partial charge in [-0.05, 0) is 55.8 Å². The molecule has 0 atom stereocenters. The first-order valence-electron chi connectivity index (χ1n) is 10.0. The Labute approximate surface area is 180 Å². The quantitative estimate of drug-likeness (QED) is 0.670. The molecule has 0 spiro atoms. The molecule has 1 amide bonds. The second-order valence-corrected chi connectivity index (χ2v) is 8.61. The average Bonchev–Trinajstić information content (AvgIpc) is 3.07. The van der Waals surface area contributed by atoms with E-state index in [1.165, 1.54) is 29.3 Å². The van der Waals surface area contributed by atoms with E-state index in [1.807, 2.05) is 25.6 Å². The number of hydrogen-bond donors (Lipinski definition) is 1. The van der Waals surface area contributed by atoms with Crippen molar-refractivity contribution in [3.8, 4) is 5.69 Å². The maximum absolute atomic E-state index is 13.2. The van der Waals surface area contributed by atoms with Crippen molar-refractivity contribution < 1.29 is 9.18 Å². The highest BCUT2D eigenvalue weighted by Gasteiger charge is 2.19. The number of carbonyl (C=O) groups excluding carboxylic acids is 1. The minimum absolute atomic E-state index is 0.157. The van der Waals surface area contributed by atoms with E-state index in [0.29, 0.717) is 17.8 Å². The topological polar surface area (TPSA) is 50.2 Å². The van der Waals surface area contributed by atoms with Gasteiger partial charge in [-0.25, -0.2) is 9.07 Å². The monoisotopic (exact) mass is 424 g/mol. The molecular formula is C23H25FN4OS. The molecule has 0 unspecified atom stereocenters. The number of carbonyl (C=O) groups is 1. The van der Waals surface area contributed by atoms with Crippen LogP contribution in [0.2, 0.25) is 0 Å². The molecule has 0 saturated carbocycles. The highest BCUT2D eigenvalue weighted by atomic mass is 32.2. The Morgan fingerprint density at radius 3 is 2.33 bits per heavy atom. The molecule has 3 aromatic rings. The van der Waals surface area contributed by atoms with Gasteiger partial charge in [-0.1, -0.05) is 12.1 Å². The lowest BCUT2D eigenvalue weighted by atomic mass is 10.1. The second-order valence-electron chi connectivity index (χ2n) is 7.38. The zero-order valence-corrected chi connectivity index (χ0v) is 18.0. The standard InChI is InChI=1S/C23H25FN4OS/c1-16-22(17(2)28(26-16)21-9-5-19(24)6-10-21)23(29)25-15-18-3-7-20(8-4-18)27-11-13-30-14-12-27/h3-10H,11-15H2,1-2H3,(H,25,29). The molecule has 1 fully saturated rings. The Balaban J connectivity index is 1.43. The lowest BCUT2D eigenvalue weighted by Gasteiger charge is -2.28. The molecule has 1 aliphatic heterocycles. The molecule has 7 heteroatoms. The summed E-state index contributed by atoms with van der Waals surface area (Å²) in [6, 6.07) is 14.5. The smallest absolute Gasteiger partial charge is 0.255 e. The molecule has 0 radical (unpaired) electrons. The summed E-state index contributed by atoms with van der Waals surface area (Å²) in [7, 11) is 0. The SMILES string of the molecule is Cc1nn(-c2ccc(F)cc2)c(C)c1C(=O)NCc1ccc(N2CCSCC2)cc1. The molecule has 30 heavy (non-hydrogen) atoms. The molecular weight excluding hydrogens is 399 g/mol. The fourth-order valence-electron chi connectivity index (χ4n) is 3.72. The zero-order valence-electron chi connectivity index (χ0n) is 17.2. The predicted octanol–water partition coefficient (Wildman–Crippen LogP) is 4.11. The predicted molar refractivity (Wildman–Crippen MR) is 120 cm³/mol. The van der Waals surface area contributed by atoms with Gasteiger partial charge < -0.3 is 10.2 Å². The van der Waals surface area contributed by atoms with Gasteiger partial charge in [0.25, 0.3) is 5.91 Å². The van der Waals surface area contributed by atoms with Gasteiger partial charge in [0.2, 0.25) is 0 Å². The van der Waals surface area contributed by atoms with Crippen molar-refractivity contribution >= 4 is 23.4 Å². The number of halogens is 1. The molecule has 5 nitrogen and oxygen atoms in total. The van der Waals surface area contributed by atoms with Gasteiger partial charge in [0.1, 0.15) is 5.82 Å². The molecule has 1 saturated heterocycles. The van der Waals surface area contributed by atoms with Crippen molar-refractivity contribution in [2.45, 2.75) is 20.4 Å². The van der Waals surface area contributed by atoms with Gasteiger partial charge in [0.15, 0.2) is 0 Å². The molecule has 4 rings (SSSR count). The number of benzene rings is 2. The Kier molecular flexibility index (Phi) is 6.08. The summed E-state index contributed by atoms with van der Waals surface area (Å²) in [5.41, 5.74) is 4.95. The number of rotatable bonds is 5. The molecule has 2 aromatic carbocycles. The molecule has 0 bridgehead atoms. The van der Waals surface area contributed by atoms with Gasteiger partial charge in [-0.15, -0.1) is 0 Å². The van der Waals surface area contributed by atoms with Crippen LogP contribution in [0.5, 0.6) is 0 Å². The minimum atomic E-state index is -0.302. The summed E-state index contributed by atoms with van der Waals surface area (Å²) in [4.78, 5) is 15.2. The zero-order chi connectivity index (χ0) is 21.1. The van der Waals surface area contributed by atoms with Crippen molar-refractivity contribution in [1.29, 1.82) is 0 Å². The Morgan fingerprint density at radius 1 is 1.03 bits per heavy atom. The van der Waals surface area contributed by atoms with E-state index in [2.05, 4.69) is 39.6 Å². The first-order chi connectivity index (χ1) is 14.5. The van der Waals surface area contributed by atoms with Crippen molar-refractivity contribution in [2.24, 2.45) is 0 Å². The molecule has 156 valence electrons. The molecule has 0 aliphatic carbocycles. The van der Waals surface area contributed by atoms with Gasteiger partial charge in [0.05, 0.1) is 22.6 Å². The number of thioether (sulfide) groups is 1. The fraction of sp³-hybridized carbons (Fsp3) is 0.304. The van der Waals surface area contributed by atoms with Crippen molar-refractivity contribution in [3.63, 3.8) is 0 Å². The van der Waals surface area contributed by atoms with E-state index in [-0.39, 0.29) is 11.7 Å². The van der Waals surface area contributed by atoms with Crippen LogP contribution in [0.4, 0.5) is 10.1 Å². The van der Waals surface area contributed by atoms with Gasteiger partial charge in [0, 0.05) is 36.8 Å². The summed E-state index contributed by atoms with van der Waals surface area (Å²) < 4.78 is 14.9. The van der Waals surface area contributed by atoms with E-state index in [1.54, 1.807) is 16.8 Å². The molecule has 1 aliphatic rings. The molecule has 2 heterocycles. The van der Waals surface area contributed by atoms with Crippen molar-refractivity contribution in [1.82, 2.24) is 15.1 Å². The van der Waals surface area contributed by atoms with Crippen LogP contribution < -0.4 is 10.2 Å². The first kappa shape index (κ1) is 20.5. The number of amides is 1. The summed E-state index contributed by atoms with van der Waals surface area (Å²) >= 11 is 2.00. The third-order valence-corrected chi connectivity index (χ3v) is 6.30. The highest BCUT2D eigenvalue weighted by molar-refractivity contribution is 7.99. The average molecular weight is 425 g/mol. The number of aromatic nitrogens is 2. The van der Waals surface area contributed by atoms with Crippen molar-refractivity contribution in [3.05, 3.63) is 76.9 Å². The summed E-state index contributed by atoms with van der Waals surface area (Å²) in [6.07, 6.45) is 0. The normalized spacial score (nSPS) is 14.0. The van der Waals surface area contributed by atoms with Crippen LogP contribution in [0.25, 0.3) is 5.69 Å². The third-order valence-electron chi connectivity index (χ3n) is 5.36. The number of anilines is 1. The van der Waals surface area contributed by atoms with E-state index >= 15 is 0 Å². The van der Waals surface area contributed by atoms with Crippen LogP contribution in [0, 0.1) is 19.7 Å². The molecule has 1 N–H and O–H groups in total. The number of nitrogens with one attached hydrogen (secondary N) is 1. The highest BCUT2D eigenvalue weighted by Crippen LogP contribution is 2.21. The fourth-order valence-corrected chi connectivity index (χ4v) is 4.62. The van der Waals surface area contributed by atoms with Crippen LogP contribution in [0.15, 0.2) is 48.5 Å². The minimum Gasteiger partial charge on any atom is -0.370 e. The van der Waals surface area contributed by atoms with E-state index in [0.717, 1.165) is 30.0 Å². The summed E-state index contributed by atoms with van der Waals surface area (Å²) in [5, 5.41) is 7.48. The van der Waals surface area contributed by atoms with Crippen LogP contribution in [0.3, 0.4) is 0 Å². The number of nitrogens with zero attached hydrogens (tertiary/aromatic N) is 3. The first-order valence-corrected chi connectivity index (χ1v) is 11.2. The summed E-state index contributed by atoms with van der Waals surface area (Å²) in [5.74, 6) is 1.88. The largest absolute Gasteiger partial charge is 0.370 e. The Bertz CT molecular complexity index is 1020. The van der Waals surface area contributed by atoms with E-state index in [9.17, 15) is 9.18 Å². The lowest BCUT2D eigenvalue weighted by molar-refractivity contribution is 0.0949. The van der Waals surface area contributed by atoms with Crippen molar-refractivity contribution in [2.75, 3.05) is 29.5 Å². The maximum Gasteiger partial charge on any atom is 0.255 e. The third kappa shape index (κ3) is 4.36. The summed E-state index contributed by atoms with van der Waals surface area (Å²) in [6.45, 7) is 6.28. The lowest BCUT2D eigenvalue weighted by Crippen LogP contribution is -2.32. The van der Waals surface area contributed by atoms with Gasteiger partial charge >= 0.3 is 0 Å². The molecule has 1 aromatic heterocycles. The van der Waals surface area contributed by atoms with E-state index < -0.39 is 0 Å². The van der Waals surface area contributed by atoms with E-state index in [4.69, 9.17) is 0 Å². The Morgan fingerprint density at radius 2 is 1.67 bits per heavy atom. The number of aryl methyl sites for hydroxylation is 1. The second kappa shape index (κ2) is 8.92. The Hall–Kier alpha value is -2.80. The number of hydrogen-bond acceptors (Lipinski definition) is 4. The van der Waals surface area contributed by atoms with Crippen LogP contribution in [-0.2, 0) is 6.54 Å². The van der Waals surface area contributed by atoms with Crippen LogP contribution in [-0.4, -0.2) is 40.3 Å². The maximum atomic E-state index is 13.2.